The lowest BCUT2D eigenvalue weighted by molar-refractivity contribution is 0.0598. The Morgan fingerprint density at radius 1 is 1.63 bits per heavy atom. The Morgan fingerprint density at radius 2 is 2.47 bits per heavy atom. The molecule has 19 heavy (non-hydrogen) atoms. The standard InChI is InChI=1S/C13H20N2O3S/c1-13(17,11-3-5-19-8-11)9-15-12(16)14-6-10-2-4-18-7-10/h3,5,8,10,17H,2,4,6-7,9H2,1H3,(H2,14,15,16)/t10-,13+/m0/s1. The lowest BCUT2D eigenvalue weighted by Crippen LogP contribution is -2.44. The molecule has 1 saturated heterocycles. The summed E-state index contributed by atoms with van der Waals surface area (Å²) in [6.07, 6.45) is 0.993. The number of aliphatic hydroxyl groups is 1. The van der Waals surface area contributed by atoms with E-state index in [0.717, 1.165) is 18.6 Å². The third-order valence-corrected chi connectivity index (χ3v) is 3.99. The van der Waals surface area contributed by atoms with E-state index in [-0.39, 0.29) is 12.6 Å². The van der Waals surface area contributed by atoms with Crippen molar-refractivity contribution >= 4 is 17.4 Å². The molecule has 0 aliphatic carbocycles. The van der Waals surface area contributed by atoms with Gasteiger partial charge < -0.3 is 20.5 Å². The maximum Gasteiger partial charge on any atom is 0.314 e. The van der Waals surface area contributed by atoms with Gasteiger partial charge in [0, 0.05) is 19.1 Å². The van der Waals surface area contributed by atoms with E-state index in [1.807, 2.05) is 16.8 Å². The predicted molar refractivity (Wildman–Crippen MR) is 74.2 cm³/mol. The van der Waals surface area contributed by atoms with E-state index in [1.165, 1.54) is 11.3 Å². The predicted octanol–water partition coefficient (Wildman–Crippen LogP) is 1.29. The van der Waals surface area contributed by atoms with Crippen LogP contribution in [0.1, 0.15) is 18.9 Å². The van der Waals surface area contributed by atoms with E-state index in [2.05, 4.69) is 10.6 Å². The summed E-state index contributed by atoms with van der Waals surface area (Å²) in [6.45, 7) is 4.00. The molecule has 106 valence electrons. The minimum absolute atomic E-state index is 0.191. The van der Waals surface area contributed by atoms with Gasteiger partial charge in [-0.2, -0.15) is 11.3 Å². The summed E-state index contributed by atoms with van der Waals surface area (Å²) in [5, 5.41) is 19.5. The molecule has 0 bridgehead atoms. The van der Waals surface area contributed by atoms with Crippen molar-refractivity contribution in [3.05, 3.63) is 22.4 Å². The zero-order chi connectivity index (χ0) is 13.7. The Labute approximate surface area is 117 Å². The molecule has 2 amide bonds. The van der Waals surface area contributed by atoms with Crippen molar-refractivity contribution in [3.8, 4) is 0 Å². The lowest BCUT2D eigenvalue weighted by Gasteiger charge is -2.23. The van der Waals surface area contributed by atoms with Crippen LogP contribution in [-0.4, -0.2) is 37.4 Å². The molecule has 2 atom stereocenters. The zero-order valence-electron chi connectivity index (χ0n) is 11.0. The fraction of sp³-hybridized carbons (Fsp3) is 0.615. The smallest absolute Gasteiger partial charge is 0.314 e. The molecule has 0 spiro atoms. The van der Waals surface area contributed by atoms with Crippen LogP contribution in [0.15, 0.2) is 16.8 Å². The average molecular weight is 284 g/mol. The van der Waals surface area contributed by atoms with Gasteiger partial charge in [-0.25, -0.2) is 4.79 Å². The van der Waals surface area contributed by atoms with E-state index in [1.54, 1.807) is 6.92 Å². The highest BCUT2D eigenvalue weighted by molar-refractivity contribution is 7.08. The van der Waals surface area contributed by atoms with Crippen molar-refractivity contribution in [1.29, 1.82) is 0 Å². The summed E-state index contributed by atoms with van der Waals surface area (Å²) in [7, 11) is 0. The molecule has 0 unspecified atom stereocenters. The van der Waals surface area contributed by atoms with Crippen molar-refractivity contribution in [2.24, 2.45) is 5.92 Å². The van der Waals surface area contributed by atoms with Gasteiger partial charge >= 0.3 is 6.03 Å². The number of ether oxygens (including phenoxy) is 1. The second-order valence-corrected chi connectivity index (χ2v) is 5.86. The molecule has 1 fully saturated rings. The number of hydrogen-bond acceptors (Lipinski definition) is 4. The van der Waals surface area contributed by atoms with Crippen LogP contribution in [0, 0.1) is 5.92 Å². The van der Waals surface area contributed by atoms with Gasteiger partial charge in [-0.05, 0) is 35.7 Å². The second-order valence-electron chi connectivity index (χ2n) is 5.08. The van der Waals surface area contributed by atoms with Gasteiger partial charge in [-0.3, -0.25) is 0 Å². The van der Waals surface area contributed by atoms with E-state index in [4.69, 9.17) is 4.74 Å². The first kappa shape index (κ1) is 14.3. The number of hydrogen-bond donors (Lipinski definition) is 3. The van der Waals surface area contributed by atoms with Gasteiger partial charge in [0.05, 0.1) is 13.2 Å². The molecule has 5 nitrogen and oxygen atoms in total. The summed E-state index contributed by atoms with van der Waals surface area (Å²) in [6, 6.07) is 1.61. The average Bonchev–Trinajstić information content (AvgIpc) is 3.06. The molecule has 1 aliphatic rings. The normalized spacial score (nSPS) is 21.9. The fourth-order valence-corrected chi connectivity index (χ4v) is 2.75. The molecule has 1 aromatic rings. The third kappa shape index (κ3) is 4.19. The molecule has 0 saturated carbocycles. The molecule has 1 aromatic heterocycles. The number of nitrogens with one attached hydrogen (secondary N) is 2. The zero-order valence-corrected chi connectivity index (χ0v) is 11.8. The Morgan fingerprint density at radius 3 is 3.11 bits per heavy atom. The van der Waals surface area contributed by atoms with Crippen molar-refractivity contribution < 1.29 is 14.6 Å². The van der Waals surface area contributed by atoms with Gasteiger partial charge in [-0.15, -0.1) is 0 Å². The lowest BCUT2D eigenvalue weighted by atomic mass is 9.99. The van der Waals surface area contributed by atoms with Gasteiger partial charge in [-0.1, -0.05) is 0 Å². The Hall–Kier alpha value is -1.11. The van der Waals surface area contributed by atoms with Crippen LogP contribution in [0.3, 0.4) is 0 Å². The summed E-state index contributed by atoms with van der Waals surface area (Å²) in [5.74, 6) is 0.406. The Bertz CT molecular complexity index is 400. The van der Waals surface area contributed by atoms with Crippen LogP contribution in [0.25, 0.3) is 0 Å². The van der Waals surface area contributed by atoms with Crippen LogP contribution in [-0.2, 0) is 10.3 Å². The molecule has 0 radical (unpaired) electrons. The number of urea groups is 1. The number of amides is 2. The van der Waals surface area contributed by atoms with Crippen LogP contribution < -0.4 is 10.6 Å². The van der Waals surface area contributed by atoms with E-state index < -0.39 is 5.60 Å². The van der Waals surface area contributed by atoms with Crippen molar-refractivity contribution in [2.45, 2.75) is 18.9 Å². The molecule has 0 aromatic carbocycles. The molecule has 6 heteroatoms. The first-order chi connectivity index (χ1) is 9.08. The minimum atomic E-state index is -1.03. The highest BCUT2D eigenvalue weighted by Crippen LogP contribution is 2.21. The molecular weight excluding hydrogens is 264 g/mol. The fourth-order valence-electron chi connectivity index (χ4n) is 1.97. The minimum Gasteiger partial charge on any atom is -0.384 e. The first-order valence-electron chi connectivity index (χ1n) is 6.42. The van der Waals surface area contributed by atoms with Crippen LogP contribution in [0.5, 0.6) is 0 Å². The molecule has 2 rings (SSSR count). The van der Waals surface area contributed by atoms with Crippen molar-refractivity contribution in [2.75, 3.05) is 26.3 Å². The quantitative estimate of drug-likeness (QED) is 0.763. The van der Waals surface area contributed by atoms with Crippen LogP contribution in [0.4, 0.5) is 4.79 Å². The number of thiophene rings is 1. The number of carbonyl (C=O) groups excluding carboxylic acids is 1. The second kappa shape index (κ2) is 6.36. The maximum absolute atomic E-state index is 11.6. The van der Waals surface area contributed by atoms with E-state index >= 15 is 0 Å². The summed E-state index contributed by atoms with van der Waals surface area (Å²) in [5.41, 5.74) is -0.213. The molecule has 1 aliphatic heterocycles. The van der Waals surface area contributed by atoms with Crippen molar-refractivity contribution in [1.82, 2.24) is 10.6 Å². The molecular formula is C13H20N2O3S. The van der Waals surface area contributed by atoms with Crippen molar-refractivity contribution in [3.63, 3.8) is 0 Å². The molecule has 2 heterocycles. The molecule has 3 N–H and O–H groups in total. The van der Waals surface area contributed by atoms with E-state index in [0.29, 0.717) is 19.1 Å². The monoisotopic (exact) mass is 284 g/mol. The highest BCUT2D eigenvalue weighted by atomic mass is 32.1. The number of rotatable bonds is 5. The van der Waals surface area contributed by atoms with E-state index in [9.17, 15) is 9.90 Å². The Balaban J connectivity index is 1.70. The summed E-state index contributed by atoms with van der Waals surface area (Å²) in [4.78, 5) is 11.6. The van der Waals surface area contributed by atoms with Gasteiger partial charge in [0.25, 0.3) is 0 Å². The first-order valence-corrected chi connectivity index (χ1v) is 7.37. The maximum atomic E-state index is 11.6. The van der Waals surface area contributed by atoms with Gasteiger partial charge in [0.2, 0.25) is 0 Å². The van der Waals surface area contributed by atoms with Gasteiger partial charge in [0.1, 0.15) is 5.60 Å². The largest absolute Gasteiger partial charge is 0.384 e. The number of carbonyl (C=O) groups is 1. The van der Waals surface area contributed by atoms with Gasteiger partial charge in [0.15, 0.2) is 0 Å². The Kier molecular flexibility index (Phi) is 4.79. The summed E-state index contributed by atoms with van der Waals surface area (Å²) < 4.78 is 5.24. The highest BCUT2D eigenvalue weighted by Gasteiger charge is 2.24. The SMILES string of the molecule is C[C@@](O)(CNC(=O)NC[C@@H]1CCOC1)c1ccsc1. The van der Waals surface area contributed by atoms with Crippen LogP contribution >= 0.6 is 11.3 Å². The third-order valence-electron chi connectivity index (χ3n) is 3.31. The summed E-state index contributed by atoms with van der Waals surface area (Å²) >= 11 is 1.53. The topological polar surface area (TPSA) is 70.6 Å². The van der Waals surface area contributed by atoms with Crippen LogP contribution in [0.2, 0.25) is 0 Å².